The van der Waals surface area contributed by atoms with Crippen molar-refractivity contribution in [1.82, 2.24) is 0 Å². The summed E-state index contributed by atoms with van der Waals surface area (Å²) in [5, 5.41) is 17.8. The first-order chi connectivity index (χ1) is 10.0. The Bertz CT molecular complexity index is 768. The second-order valence-corrected chi connectivity index (χ2v) is 5.66. The third-order valence-electron chi connectivity index (χ3n) is 2.86. The number of carbonyl (C=O) groups is 1. The fourth-order valence-corrected chi connectivity index (χ4v) is 2.96. The molecule has 106 valence electrons. The number of halogens is 1. The van der Waals surface area contributed by atoms with Crippen LogP contribution in [0.25, 0.3) is 0 Å². The third-order valence-corrected chi connectivity index (χ3v) is 4.21. The average Bonchev–Trinajstić information content (AvgIpc) is 2.47. The van der Waals surface area contributed by atoms with Crippen LogP contribution in [0.5, 0.6) is 0 Å². The molecule has 1 N–H and O–H groups in total. The van der Waals surface area contributed by atoms with E-state index in [-0.39, 0.29) is 10.6 Å². The number of aromatic carboxylic acids is 1. The van der Waals surface area contributed by atoms with Crippen molar-refractivity contribution in [2.45, 2.75) is 10.6 Å². The summed E-state index contributed by atoms with van der Waals surface area (Å²) < 4.78 is 25.6. The van der Waals surface area contributed by atoms with Gasteiger partial charge in [0.2, 0.25) is 0 Å². The molecule has 0 aromatic heterocycles. The average molecular weight is 303 g/mol. The summed E-state index contributed by atoms with van der Waals surface area (Å²) in [7, 11) is -1.56. The predicted octanol–water partition coefficient (Wildman–Crippen LogP) is 2.70. The Labute approximate surface area is 122 Å². The molecule has 2 aromatic carbocycles. The molecule has 1 unspecified atom stereocenters. The Balaban J connectivity index is 2.31. The summed E-state index contributed by atoms with van der Waals surface area (Å²) in [4.78, 5) is 11.1. The van der Waals surface area contributed by atoms with Gasteiger partial charge >= 0.3 is 5.97 Å². The molecular formula is C15H10FNO3S. The predicted molar refractivity (Wildman–Crippen MR) is 74.6 cm³/mol. The van der Waals surface area contributed by atoms with Gasteiger partial charge in [-0.05, 0) is 29.8 Å². The molecule has 0 spiro atoms. The van der Waals surface area contributed by atoms with E-state index >= 15 is 0 Å². The van der Waals surface area contributed by atoms with Crippen LogP contribution in [0.2, 0.25) is 0 Å². The van der Waals surface area contributed by atoms with E-state index in [9.17, 15) is 13.4 Å². The van der Waals surface area contributed by atoms with Gasteiger partial charge in [-0.25, -0.2) is 9.18 Å². The minimum absolute atomic E-state index is 0.0639. The van der Waals surface area contributed by atoms with Gasteiger partial charge in [0.25, 0.3) is 0 Å². The molecule has 6 heteroatoms. The second kappa shape index (κ2) is 6.29. The van der Waals surface area contributed by atoms with Crippen molar-refractivity contribution in [3.05, 3.63) is 65.0 Å². The number of nitrogens with zero attached hydrogens (tertiary/aromatic N) is 1. The van der Waals surface area contributed by atoms with Gasteiger partial charge in [-0.15, -0.1) is 0 Å². The lowest BCUT2D eigenvalue weighted by atomic mass is 10.1. The lowest BCUT2D eigenvalue weighted by molar-refractivity contribution is 0.0691. The molecule has 0 radical (unpaired) electrons. The first-order valence-electron chi connectivity index (χ1n) is 5.92. The van der Waals surface area contributed by atoms with E-state index in [1.807, 2.05) is 6.07 Å². The van der Waals surface area contributed by atoms with Crippen LogP contribution < -0.4 is 0 Å². The van der Waals surface area contributed by atoms with Gasteiger partial charge in [0.1, 0.15) is 5.82 Å². The topological polar surface area (TPSA) is 78.2 Å². The Kier molecular flexibility index (Phi) is 4.45. The number of benzene rings is 2. The van der Waals surface area contributed by atoms with Gasteiger partial charge in [-0.3, -0.25) is 4.21 Å². The van der Waals surface area contributed by atoms with Crippen molar-refractivity contribution in [3.63, 3.8) is 0 Å². The maximum absolute atomic E-state index is 13.3. The zero-order valence-electron chi connectivity index (χ0n) is 10.7. The number of carboxylic acid groups (broad SMARTS) is 1. The molecular weight excluding hydrogens is 293 g/mol. The summed E-state index contributed by atoms with van der Waals surface area (Å²) in [6.45, 7) is 0. The molecule has 2 aromatic rings. The highest BCUT2D eigenvalue weighted by Gasteiger charge is 2.15. The molecule has 0 heterocycles. The normalized spacial score (nSPS) is 11.6. The molecule has 0 amide bonds. The SMILES string of the molecule is N#Cc1ccccc1CS(=O)c1ccc(F)c(C(=O)O)c1. The van der Waals surface area contributed by atoms with E-state index in [1.54, 1.807) is 24.3 Å². The quantitative estimate of drug-likeness (QED) is 0.942. The first-order valence-corrected chi connectivity index (χ1v) is 7.24. The standard InChI is InChI=1S/C15H10FNO3S/c16-14-6-5-12(7-13(14)15(18)19)21(20)9-11-4-2-1-3-10(11)8-17/h1-7H,9H2,(H,18,19). The molecule has 0 saturated heterocycles. The van der Waals surface area contributed by atoms with E-state index in [0.29, 0.717) is 11.1 Å². The molecule has 0 aliphatic heterocycles. The van der Waals surface area contributed by atoms with E-state index in [4.69, 9.17) is 10.4 Å². The van der Waals surface area contributed by atoms with Crippen molar-refractivity contribution in [1.29, 1.82) is 5.26 Å². The zero-order chi connectivity index (χ0) is 15.4. The van der Waals surface area contributed by atoms with Crippen LogP contribution in [0.4, 0.5) is 4.39 Å². The number of nitriles is 1. The van der Waals surface area contributed by atoms with Crippen LogP contribution >= 0.6 is 0 Å². The van der Waals surface area contributed by atoms with E-state index in [0.717, 1.165) is 12.1 Å². The Morgan fingerprint density at radius 2 is 2.00 bits per heavy atom. The first kappa shape index (κ1) is 14.9. The Hall–Kier alpha value is -2.52. The summed E-state index contributed by atoms with van der Waals surface area (Å²) in [5.41, 5.74) is 0.486. The fraction of sp³-hybridized carbons (Fsp3) is 0.0667. The molecule has 21 heavy (non-hydrogen) atoms. The summed E-state index contributed by atoms with van der Waals surface area (Å²) in [6, 6.07) is 12.0. The largest absolute Gasteiger partial charge is 0.478 e. The number of hydrogen-bond donors (Lipinski definition) is 1. The number of carboxylic acids is 1. The monoisotopic (exact) mass is 303 g/mol. The molecule has 0 aliphatic carbocycles. The zero-order valence-corrected chi connectivity index (χ0v) is 11.6. The van der Waals surface area contributed by atoms with Crippen molar-refractivity contribution >= 4 is 16.8 Å². The highest BCUT2D eigenvalue weighted by molar-refractivity contribution is 7.84. The fourth-order valence-electron chi connectivity index (χ4n) is 1.79. The van der Waals surface area contributed by atoms with Crippen molar-refractivity contribution < 1.29 is 18.5 Å². The van der Waals surface area contributed by atoms with E-state index in [1.165, 1.54) is 6.07 Å². The molecule has 1 atom stereocenters. The van der Waals surface area contributed by atoms with Crippen LogP contribution in [0, 0.1) is 17.1 Å². The van der Waals surface area contributed by atoms with Gasteiger partial charge in [-0.2, -0.15) is 5.26 Å². The summed E-state index contributed by atoms with van der Waals surface area (Å²) in [6.07, 6.45) is 0. The summed E-state index contributed by atoms with van der Waals surface area (Å²) >= 11 is 0. The van der Waals surface area contributed by atoms with Crippen molar-refractivity contribution in [2.75, 3.05) is 0 Å². The second-order valence-electron chi connectivity index (χ2n) is 4.21. The lowest BCUT2D eigenvalue weighted by Crippen LogP contribution is -2.04. The summed E-state index contributed by atoms with van der Waals surface area (Å²) in [5.74, 6) is -2.22. The van der Waals surface area contributed by atoms with Crippen molar-refractivity contribution in [3.8, 4) is 6.07 Å². The van der Waals surface area contributed by atoms with Crippen LogP contribution in [0.3, 0.4) is 0 Å². The molecule has 0 bridgehead atoms. The van der Waals surface area contributed by atoms with Crippen LogP contribution in [-0.2, 0) is 16.6 Å². The van der Waals surface area contributed by atoms with Gasteiger partial charge < -0.3 is 5.11 Å². The third kappa shape index (κ3) is 3.33. The Morgan fingerprint density at radius 1 is 1.29 bits per heavy atom. The highest BCUT2D eigenvalue weighted by atomic mass is 32.2. The van der Waals surface area contributed by atoms with Gasteiger partial charge in [0.05, 0.1) is 33.7 Å². The maximum Gasteiger partial charge on any atom is 0.338 e. The smallest absolute Gasteiger partial charge is 0.338 e. The van der Waals surface area contributed by atoms with Crippen LogP contribution in [-0.4, -0.2) is 15.3 Å². The van der Waals surface area contributed by atoms with Gasteiger partial charge in [0, 0.05) is 4.90 Å². The van der Waals surface area contributed by atoms with Crippen LogP contribution in [0.15, 0.2) is 47.4 Å². The number of rotatable bonds is 4. The molecule has 2 rings (SSSR count). The van der Waals surface area contributed by atoms with Crippen LogP contribution in [0.1, 0.15) is 21.5 Å². The number of hydrogen-bond acceptors (Lipinski definition) is 3. The maximum atomic E-state index is 13.3. The minimum Gasteiger partial charge on any atom is -0.478 e. The molecule has 0 aliphatic rings. The molecule has 0 saturated carbocycles. The van der Waals surface area contributed by atoms with Gasteiger partial charge in [0.15, 0.2) is 0 Å². The van der Waals surface area contributed by atoms with E-state index < -0.39 is 28.1 Å². The molecule has 4 nitrogen and oxygen atoms in total. The van der Waals surface area contributed by atoms with E-state index in [2.05, 4.69) is 0 Å². The highest BCUT2D eigenvalue weighted by Crippen LogP contribution is 2.18. The lowest BCUT2D eigenvalue weighted by Gasteiger charge is -2.06. The Morgan fingerprint density at radius 3 is 2.67 bits per heavy atom. The minimum atomic E-state index is -1.56. The van der Waals surface area contributed by atoms with Crippen molar-refractivity contribution in [2.24, 2.45) is 0 Å². The van der Waals surface area contributed by atoms with Gasteiger partial charge in [-0.1, -0.05) is 18.2 Å². The molecule has 0 fully saturated rings.